The second kappa shape index (κ2) is 2.66. The van der Waals surface area contributed by atoms with Crippen molar-refractivity contribution in [2.45, 2.75) is 19.3 Å². The van der Waals surface area contributed by atoms with E-state index >= 15 is 0 Å². The molecule has 1 aliphatic carbocycles. The molecule has 2 rings (SSSR count). The van der Waals surface area contributed by atoms with Gasteiger partial charge in [0.2, 0.25) is 0 Å². The van der Waals surface area contributed by atoms with Gasteiger partial charge in [-0.15, -0.1) is 0 Å². The van der Waals surface area contributed by atoms with Crippen LogP contribution in [-0.4, -0.2) is 15.8 Å². The minimum atomic E-state index is 0.232. The second-order valence-electron chi connectivity index (χ2n) is 3.23. The molecule has 1 fully saturated rings. The number of rotatable bonds is 2. The summed E-state index contributed by atoms with van der Waals surface area (Å²) in [5.41, 5.74) is 1.10. The van der Waals surface area contributed by atoms with E-state index in [1.54, 1.807) is 19.3 Å². The molecule has 12 heavy (non-hydrogen) atoms. The van der Waals surface area contributed by atoms with Crippen molar-refractivity contribution in [3.05, 3.63) is 24.3 Å². The van der Waals surface area contributed by atoms with Crippen molar-refractivity contribution in [1.82, 2.24) is 9.97 Å². The van der Waals surface area contributed by atoms with Crippen molar-refractivity contribution in [2.24, 2.45) is 5.92 Å². The molecule has 0 spiro atoms. The Morgan fingerprint density at radius 3 is 2.67 bits per heavy atom. The van der Waals surface area contributed by atoms with Crippen molar-refractivity contribution in [2.75, 3.05) is 0 Å². The number of hydrogen-bond acceptors (Lipinski definition) is 3. The van der Waals surface area contributed by atoms with Gasteiger partial charge in [-0.25, -0.2) is 9.97 Å². The van der Waals surface area contributed by atoms with E-state index in [0.717, 1.165) is 12.0 Å². The largest absolute Gasteiger partial charge is 0.300 e. The molecule has 1 heterocycles. The van der Waals surface area contributed by atoms with Crippen molar-refractivity contribution in [1.29, 1.82) is 0 Å². The molecule has 1 aromatic rings. The summed E-state index contributed by atoms with van der Waals surface area (Å²) in [5, 5.41) is 0. The zero-order chi connectivity index (χ0) is 8.55. The zero-order valence-electron chi connectivity index (χ0n) is 6.90. The summed E-state index contributed by atoms with van der Waals surface area (Å²) in [5.74, 6) is 0.906. The molecule has 3 nitrogen and oxygen atoms in total. The number of ketones is 1. The van der Waals surface area contributed by atoms with Crippen LogP contribution >= 0.6 is 0 Å². The Morgan fingerprint density at radius 1 is 1.50 bits per heavy atom. The van der Waals surface area contributed by atoms with Crippen LogP contribution in [0.1, 0.15) is 24.8 Å². The maximum atomic E-state index is 10.9. The lowest BCUT2D eigenvalue weighted by Gasteiger charge is -1.94. The predicted molar refractivity (Wildman–Crippen MR) is 43.6 cm³/mol. The SMILES string of the molecule is CC(=O)[C@@H]1C[C@H]1c1cncnc1. The van der Waals surface area contributed by atoms with Crippen molar-refractivity contribution in [3.8, 4) is 0 Å². The smallest absolute Gasteiger partial charge is 0.133 e. The van der Waals surface area contributed by atoms with Crippen LogP contribution in [0.2, 0.25) is 0 Å². The summed E-state index contributed by atoms with van der Waals surface area (Å²) in [6, 6.07) is 0. The average molecular weight is 162 g/mol. The molecule has 0 unspecified atom stereocenters. The van der Waals surface area contributed by atoms with Gasteiger partial charge >= 0.3 is 0 Å². The van der Waals surface area contributed by atoms with Crippen molar-refractivity contribution in [3.63, 3.8) is 0 Å². The van der Waals surface area contributed by atoms with Crippen LogP contribution in [0.5, 0.6) is 0 Å². The number of carbonyl (C=O) groups excluding carboxylic acids is 1. The fraction of sp³-hybridized carbons (Fsp3) is 0.444. The van der Waals surface area contributed by atoms with Crippen molar-refractivity contribution < 1.29 is 4.79 Å². The van der Waals surface area contributed by atoms with E-state index in [1.165, 1.54) is 6.33 Å². The lowest BCUT2D eigenvalue weighted by Crippen LogP contribution is -1.95. The van der Waals surface area contributed by atoms with E-state index < -0.39 is 0 Å². The van der Waals surface area contributed by atoms with E-state index in [9.17, 15) is 4.79 Å². The standard InChI is InChI=1S/C9H10N2O/c1-6(12)8-2-9(8)7-3-10-5-11-4-7/h3-5,8-9H,2H2,1H3/t8-,9-/m0/s1. The molecule has 0 radical (unpaired) electrons. The van der Waals surface area contributed by atoms with Crippen LogP contribution < -0.4 is 0 Å². The Morgan fingerprint density at radius 2 is 2.17 bits per heavy atom. The Kier molecular flexibility index (Phi) is 1.64. The molecule has 1 aliphatic rings. The van der Waals surface area contributed by atoms with E-state index in [0.29, 0.717) is 5.92 Å². The third-order valence-corrected chi connectivity index (χ3v) is 2.32. The summed E-state index contributed by atoms with van der Waals surface area (Å²) >= 11 is 0. The zero-order valence-corrected chi connectivity index (χ0v) is 6.90. The molecular weight excluding hydrogens is 152 g/mol. The first-order valence-electron chi connectivity index (χ1n) is 4.04. The highest BCUT2D eigenvalue weighted by molar-refractivity contribution is 5.82. The molecule has 0 N–H and O–H groups in total. The molecule has 0 aromatic carbocycles. The normalized spacial score (nSPS) is 26.8. The molecule has 1 aromatic heterocycles. The number of hydrogen-bond donors (Lipinski definition) is 0. The summed E-state index contributed by atoms with van der Waals surface area (Å²) < 4.78 is 0. The third-order valence-electron chi connectivity index (χ3n) is 2.32. The van der Waals surface area contributed by atoms with Gasteiger partial charge in [0.1, 0.15) is 12.1 Å². The lowest BCUT2D eigenvalue weighted by atomic mass is 10.1. The number of aromatic nitrogens is 2. The van der Waals surface area contributed by atoms with Crippen LogP contribution in [0.4, 0.5) is 0 Å². The second-order valence-corrected chi connectivity index (χ2v) is 3.23. The van der Waals surface area contributed by atoms with Crippen LogP contribution in [0.25, 0.3) is 0 Å². The Bertz CT molecular complexity index is 297. The van der Waals surface area contributed by atoms with Gasteiger partial charge in [0.15, 0.2) is 0 Å². The van der Waals surface area contributed by atoms with Gasteiger partial charge in [-0.3, -0.25) is 4.79 Å². The topological polar surface area (TPSA) is 42.9 Å². The van der Waals surface area contributed by atoms with Crippen LogP contribution in [0.3, 0.4) is 0 Å². The highest BCUT2D eigenvalue weighted by Crippen LogP contribution is 2.47. The van der Waals surface area contributed by atoms with Crippen molar-refractivity contribution >= 4 is 5.78 Å². The van der Waals surface area contributed by atoms with Gasteiger partial charge in [0, 0.05) is 18.3 Å². The summed E-state index contributed by atoms with van der Waals surface area (Å²) in [6.45, 7) is 1.65. The maximum Gasteiger partial charge on any atom is 0.133 e. The number of Topliss-reactive ketones (excluding diaryl/α,β-unsaturated/α-hetero) is 1. The third kappa shape index (κ3) is 1.22. The van der Waals surface area contributed by atoms with Gasteiger partial charge in [-0.2, -0.15) is 0 Å². The van der Waals surface area contributed by atoms with Gasteiger partial charge in [-0.1, -0.05) is 0 Å². The summed E-state index contributed by atoms with van der Waals surface area (Å²) in [6.07, 6.45) is 6.07. The molecule has 0 amide bonds. The van der Waals surface area contributed by atoms with E-state index in [1.807, 2.05) is 0 Å². The summed E-state index contributed by atoms with van der Waals surface area (Å²) in [7, 11) is 0. The first-order valence-corrected chi connectivity index (χ1v) is 4.04. The Labute approximate surface area is 70.9 Å². The average Bonchev–Trinajstić information content (AvgIpc) is 2.84. The number of nitrogens with zero attached hydrogens (tertiary/aromatic N) is 2. The quantitative estimate of drug-likeness (QED) is 0.655. The molecular formula is C9H10N2O. The highest BCUT2D eigenvalue weighted by atomic mass is 16.1. The molecule has 1 saturated carbocycles. The molecule has 0 saturated heterocycles. The molecule has 0 aliphatic heterocycles. The molecule has 3 heteroatoms. The van der Waals surface area contributed by atoms with E-state index in [-0.39, 0.29) is 11.7 Å². The fourth-order valence-corrected chi connectivity index (χ4v) is 1.51. The highest BCUT2D eigenvalue weighted by Gasteiger charge is 2.41. The van der Waals surface area contributed by atoms with Crippen LogP contribution in [0, 0.1) is 5.92 Å². The van der Waals surface area contributed by atoms with Gasteiger partial charge in [0.05, 0.1) is 0 Å². The monoisotopic (exact) mass is 162 g/mol. The molecule has 0 bridgehead atoms. The Hall–Kier alpha value is -1.25. The molecule has 2 atom stereocenters. The van der Waals surface area contributed by atoms with E-state index in [4.69, 9.17) is 0 Å². The van der Waals surface area contributed by atoms with Gasteiger partial charge in [-0.05, 0) is 24.8 Å². The minimum Gasteiger partial charge on any atom is -0.300 e. The lowest BCUT2D eigenvalue weighted by molar-refractivity contribution is -0.118. The van der Waals surface area contributed by atoms with Crippen LogP contribution in [-0.2, 0) is 4.79 Å². The molecule has 62 valence electrons. The maximum absolute atomic E-state index is 10.9. The van der Waals surface area contributed by atoms with Gasteiger partial charge < -0.3 is 0 Å². The first-order chi connectivity index (χ1) is 5.79. The van der Waals surface area contributed by atoms with E-state index in [2.05, 4.69) is 9.97 Å². The van der Waals surface area contributed by atoms with Crippen LogP contribution in [0.15, 0.2) is 18.7 Å². The van der Waals surface area contributed by atoms with Gasteiger partial charge in [0.25, 0.3) is 0 Å². The predicted octanol–water partition coefficient (Wildman–Crippen LogP) is 1.17. The minimum absolute atomic E-state index is 0.232. The first kappa shape index (κ1) is 7.40. The summed E-state index contributed by atoms with van der Waals surface area (Å²) in [4.78, 5) is 18.8. The fourth-order valence-electron chi connectivity index (χ4n) is 1.51. The Balaban J connectivity index is 2.11. The number of carbonyl (C=O) groups is 1.